The van der Waals surface area contributed by atoms with Gasteiger partial charge in [0.15, 0.2) is 0 Å². The molecule has 2 saturated heterocycles. The second kappa shape index (κ2) is 10.4. The van der Waals surface area contributed by atoms with Crippen LogP contribution in [-0.2, 0) is 4.74 Å². The maximum Gasteiger partial charge on any atom is 0.410 e. The lowest BCUT2D eigenvalue weighted by Crippen LogP contribution is -2.37. The molecule has 0 aliphatic carbocycles. The Bertz CT molecular complexity index is 362. The van der Waals surface area contributed by atoms with E-state index in [1.807, 2.05) is 27.7 Å². The summed E-state index contributed by atoms with van der Waals surface area (Å²) in [5.74, 6) is 0. The lowest BCUT2D eigenvalue weighted by Gasteiger charge is -2.25. The quantitative estimate of drug-likeness (QED) is 0.510. The molecule has 2 aliphatic heterocycles. The number of nitrogens with one attached hydrogen (secondary N) is 1. The lowest BCUT2D eigenvalue weighted by molar-refractivity contribution is 0.0194. The number of aliphatic hydroxyl groups is 3. The maximum atomic E-state index is 11.5. The first kappa shape index (κ1) is 25.6. The fourth-order valence-electron chi connectivity index (χ4n) is 2.23. The highest BCUT2D eigenvalue weighted by Gasteiger charge is 2.35. The maximum absolute atomic E-state index is 11.5. The third kappa shape index (κ3) is 11.0. The normalized spacial score (nSPS) is 28.8. The molecule has 2 aliphatic rings. The van der Waals surface area contributed by atoms with E-state index in [0.29, 0.717) is 19.5 Å². The van der Waals surface area contributed by atoms with Crippen LogP contribution in [0.2, 0.25) is 0 Å². The topological polar surface area (TPSA) is 102 Å². The van der Waals surface area contributed by atoms with Gasteiger partial charge in [0.05, 0.1) is 17.7 Å². The van der Waals surface area contributed by atoms with Crippen LogP contribution in [0.5, 0.6) is 0 Å². The van der Waals surface area contributed by atoms with Gasteiger partial charge in [-0.1, -0.05) is 0 Å². The summed E-state index contributed by atoms with van der Waals surface area (Å²) in [4.78, 5) is 13.1. The fourth-order valence-corrected chi connectivity index (χ4v) is 2.23. The van der Waals surface area contributed by atoms with E-state index < -0.39 is 16.8 Å². The van der Waals surface area contributed by atoms with Gasteiger partial charge in [0.1, 0.15) is 5.60 Å². The van der Waals surface area contributed by atoms with Crippen LogP contribution < -0.4 is 5.32 Å². The fraction of sp³-hybridized carbons (Fsp3) is 0.938. The van der Waals surface area contributed by atoms with E-state index in [4.69, 9.17) is 14.9 Å². The summed E-state index contributed by atoms with van der Waals surface area (Å²) < 4.78 is 5.19. The van der Waals surface area contributed by atoms with Crippen molar-refractivity contribution in [1.29, 1.82) is 0 Å². The van der Waals surface area contributed by atoms with Crippen molar-refractivity contribution in [2.45, 2.75) is 64.3 Å². The van der Waals surface area contributed by atoms with Gasteiger partial charge in [-0.15, -0.1) is 12.4 Å². The zero-order chi connectivity index (χ0) is 18.3. The molecule has 0 spiro atoms. The van der Waals surface area contributed by atoms with Crippen molar-refractivity contribution in [2.75, 3.05) is 33.3 Å². The van der Waals surface area contributed by atoms with Crippen molar-refractivity contribution in [3.63, 3.8) is 0 Å². The van der Waals surface area contributed by atoms with Gasteiger partial charge < -0.3 is 30.3 Å². The number of hydrogen-bond donors (Lipinski definition) is 4. The van der Waals surface area contributed by atoms with Crippen molar-refractivity contribution >= 4 is 18.5 Å². The third-order valence-electron chi connectivity index (χ3n) is 3.45. The lowest BCUT2D eigenvalue weighted by atomic mass is 10.1. The number of ether oxygens (including phenoxy) is 1. The zero-order valence-corrected chi connectivity index (χ0v) is 16.6. The summed E-state index contributed by atoms with van der Waals surface area (Å²) >= 11 is 0. The number of β-amino-alcohol motifs (C(OH)–C–C–N with tert-alkyl or cyclic N) is 2. The monoisotopic (exact) mass is 370 g/mol. The minimum Gasteiger partial charge on any atom is -0.444 e. The summed E-state index contributed by atoms with van der Waals surface area (Å²) in [6, 6.07) is 0. The molecule has 0 aromatic rings. The predicted molar refractivity (Wildman–Crippen MR) is 96.5 cm³/mol. The first-order chi connectivity index (χ1) is 10.4. The van der Waals surface area contributed by atoms with E-state index >= 15 is 0 Å². The number of hydrogen-bond acceptors (Lipinski definition) is 6. The van der Waals surface area contributed by atoms with Gasteiger partial charge in [-0.3, -0.25) is 0 Å². The highest BCUT2D eigenvalue weighted by atomic mass is 35.5. The zero-order valence-electron chi connectivity index (χ0n) is 15.8. The molecule has 1 amide bonds. The Morgan fingerprint density at radius 1 is 1.12 bits per heavy atom. The van der Waals surface area contributed by atoms with Crippen LogP contribution in [0, 0.1) is 0 Å². The molecule has 2 rings (SSSR count). The molecule has 0 bridgehead atoms. The minimum atomic E-state index is -0.753. The smallest absolute Gasteiger partial charge is 0.410 e. The molecule has 0 aromatic heterocycles. The number of carbonyl (C=O) groups excluding carboxylic acids is 1. The van der Waals surface area contributed by atoms with Crippen LogP contribution in [0.1, 0.15) is 47.5 Å². The van der Waals surface area contributed by atoms with Crippen molar-refractivity contribution in [1.82, 2.24) is 10.2 Å². The van der Waals surface area contributed by atoms with E-state index in [9.17, 15) is 9.90 Å². The largest absolute Gasteiger partial charge is 0.444 e. The number of nitrogens with zero attached hydrogens (tertiary/aromatic N) is 1. The summed E-state index contributed by atoms with van der Waals surface area (Å²) in [6.45, 7) is 11.7. The second-order valence-electron chi connectivity index (χ2n) is 7.57. The Hall–Kier alpha value is -0.600. The van der Waals surface area contributed by atoms with Crippen LogP contribution in [0.3, 0.4) is 0 Å². The van der Waals surface area contributed by atoms with Gasteiger partial charge in [0.2, 0.25) is 0 Å². The SMILES string of the molecule is CC1(O)CCN(C(=O)OC(C)(C)C)C1.CC1(O)CCNC1.CO.Cl. The summed E-state index contributed by atoms with van der Waals surface area (Å²) in [7, 11) is 1.00. The van der Waals surface area contributed by atoms with Crippen LogP contribution in [0.15, 0.2) is 0 Å². The van der Waals surface area contributed by atoms with Crippen molar-refractivity contribution in [3.8, 4) is 0 Å². The molecule has 0 saturated carbocycles. The molecular weight excluding hydrogens is 336 g/mol. The van der Waals surface area contributed by atoms with Gasteiger partial charge >= 0.3 is 6.09 Å². The van der Waals surface area contributed by atoms with Gasteiger partial charge in [0.25, 0.3) is 0 Å². The molecule has 2 unspecified atom stereocenters. The summed E-state index contributed by atoms with van der Waals surface area (Å²) in [6.07, 6.45) is 1.18. The number of aliphatic hydroxyl groups excluding tert-OH is 1. The number of halogens is 1. The molecular formula is C16H35ClN2O5. The molecule has 8 heteroatoms. The van der Waals surface area contributed by atoms with E-state index in [-0.39, 0.29) is 18.5 Å². The molecule has 2 atom stereocenters. The van der Waals surface area contributed by atoms with E-state index in [0.717, 1.165) is 26.6 Å². The van der Waals surface area contributed by atoms with Crippen LogP contribution in [0.4, 0.5) is 4.79 Å². The highest BCUT2D eigenvalue weighted by molar-refractivity contribution is 5.85. The number of carbonyl (C=O) groups is 1. The summed E-state index contributed by atoms with van der Waals surface area (Å²) in [5.41, 5.74) is -1.64. The number of likely N-dealkylation sites (tertiary alicyclic amines) is 1. The average molecular weight is 371 g/mol. The number of amides is 1. The second-order valence-corrected chi connectivity index (χ2v) is 7.57. The highest BCUT2D eigenvalue weighted by Crippen LogP contribution is 2.22. The van der Waals surface area contributed by atoms with Crippen molar-refractivity contribution in [3.05, 3.63) is 0 Å². The van der Waals surface area contributed by atoms with Gasteiger partial charge in [-0.05, 0) is 54.0 Å². The Morgan fingerprint density at radius 2 is 1.67 bits per heavy atom. The Morgan fingerprint density at radius 3 is 1.92 bits per heavy atom. The molecule has 0 radical (unpaired) electrons. The number of rotatable bonds is 0. The molecule has 0 aromatic carbocycles. The first-order valence-electron chi connectivity index (χ1n) is 7.98. The molecule has 4 N–H and O–H groups in total. The predicted octanol–water partition coefficient (Wildman–Crippen LogP) is 1.14. The summed E-state index contributed by atoms with van der Waals surface area (Å²) in [5, 5.41) is 28.9. The molecule has 2 fully saturated rings. The van der Waals surface area contributed by atoms with Crippen LogP contribution in [0.25, 0.3) is 0 Å². The van der Waals surface area contributed by atoms with E-state index in [1.54, 1.807) is 11.8 Å². The molecule has 146 valence electrons. The molecule has 2 heterocycles. The van der Waals surface area contributed by atoms with Gasteiger partial charge in [0, 0.05) is 20.2 Å². The van der Waals surface area contributed by atoms with Crippen LogP contribution in [-0.4, -0.2) is 76.4 Å². The first-order valence-corrected chi connectivity index (χ1v) is 7.98. The van der Waals surface area contributed by atoms with E-state index in [2.05, 4.69) is 5.32 Å². The van der Waals surface area contributed by atoms with Crippen molar-refractivity contribution < 1.29 is 24.9 Å². The van der Waals surface area contributed by atoms with Gasteiger partial charge in [-0.2, -0.15) is 0 Å². The molecule has 7 nitrogen and oxygen atoms in total. The minimum absolute atomic E-state index is 0. The standard InChI is InChI=1S/C10H19NO3.C5H11NO.CH4O.ClH/c1-9(2,3)14-8(12)11-6-5-10(4,13)7-11;1-5(7)2-3-6-4-5;1-2;/h13H,5-7H2,1-4H3;6-7H,2-4H2,1H3;2H,1H3;1H. The van der Waals surface area contributed by atoms with Crippen LogP contribution >= 0.6 is 12.4 Å². The van der Waals surface area contributed by atoms with Crippen molar-refractivity contribution in [2.24, 2.45) is 0 Å². The molecule has 24 heavy (non-hydrogen) atoms. The Kier molecular flexibility index (Phi) is 11.1. The third-order valence-corrected chi connectivity index (χ3v) is 3.45. The van der Waals surface area contributed by atoms with Gasteiger partial charge in [-0.25, -0.2) is 4.79 Å². The Balaban J connectivity index is 0. The average Bonchev–Trinajstić information content (AvgIpc) is 2.96. The Labute approximate surface area is 151 Å². The van der Waals surface area contributed by atoms with E-state index in [1.165, 1.54) is 0 Å².